The number of ether oxygens (including phenoxy) is 2. The number of hydrogen-bond donors (Lipinski definition) is 2. The van der Waals surface area contributed by atoms with Crippen molar-refractivity contribution < 1.29 is 19.3 Å². The van der Waals surface area contributed by atoms with Gasteiger partial charge in [0.2, 0.25) is 0 Å². The zero-order valence-corrected chi connectivity index (χ0v) is 21.2. The Kier molecular flexibility index (Phi) is 19.4. The van der Waals surface area contributed by atoms with Gasteiger partial charge in [0.15, 0.2) is 0 Å². The minimum Gasteiger partial charge on any atom is -0.663 e. The van der Waals surface area contributed by atoms with E-state index in [1.54, 1.807) is 0 Å². The molecule has 4 heterocycles. The fraction of sp³-hybridized carbons (Fsp3) is 0.636. The molecule has 0 bridgehead atoms. The average molecular weight is 433 g/mol. The van der Waals surface area contributed by atoms with E-state index >= 15 is 0 Å². The van der Waals surface area contributed by atoms with Gasteiger partial charge in [0, 0.05) is 26.4 Å². The van der Waals surface area contributed by atoms with Gasteiger partial charge in [0.1, 0.15) is 0 Å². The topological polar surface area (TPSA) is 55.5 Å². The Hall–Kier alpha value is -0.340. The molecular weight excluding hydrogens is 392 g/mol. The number of rotatable bonds is 4. The summed E-state index contributed by atoms with van der Waals surface area (Å²) < 4.78 is 9.89. The van der Waals surface area contributed by atoms with Crippen LogP contribution in [0.3, 0.4) is 0 Å². The summed E-state index contributed by atoms with van der Waals surface area (Å²) in [7, 11) is 8.48. The van der Waals surface area contributed by atoms with Crippen LogP contribution in [0.15, 0.2) is 36.7 Å². The van der Waals surface area contributed by atoms with Crippen molar-refractivity contribution in [1.82, 2.24) is 9.97 Å². The molecule has 6 nitrogen and oxygen atoms in total. The van der Waals surface area contributed by atoms with E-state index < -0.39 is 0 Å². The van der Waals surface area contributed by atoms with Crippen LogP contribution in [0, 0.1) is 0 Å². The first kappa shape index (κ1) is 28.7. The Bertz CT molecular complexity index is 472. The molecule has 0 aliphatic carbocycles. The molecule has 2 N–H and O–H groups in total. The number of nitrogens with one attached hydrogen (secondary N) is 2. The summed E-state index contributed by atoms with van der Waals surface area (Å²) in [5, 5.41) is 0. The van der Waals surface area contributed by atoms with Crippen LogP contribution in [0.5, 0.6) is 0 Å². The van der Waals surface area contributed by atoms with Crippen LogP contribution in [0.1, 0.15) is 37.1 Å². The van der Waals surface area contributed by atoms with E-state index in [0.717, 1.165) is 39.5 Å². The van der Waals surface area contributed by atoms with Crippen molar-refractivity contribution in [2.75, 3.05) is 54.6 Å². The summed E-state index contributed by atoms with van der Waals surface area (Å²) in [6.45, 7) is 6.04. The monoisotopic (exact) mass is 432 g/mol. The van der Waals surface area contributed by atoms with Crippen LogP contribution in [0.2, 0.25) is 0 Å². The molecule has 29 heavy (non-hydrogen) atoms. The van der Waals surface area contributed by atoms with Crippen LogP contribution in [0.25, 0.3) is 0 Å². The van der Waals surface area contributed by atoms with E-state index in [9.17, 15) is 0 Å². The fourth-order valence-electron chi connectivity index (χ4n) is 2.63. The number of aromatic nitrogens is 2. The predicted molar refractivity (Wildman–Crippen MR) is 118 cm³/mol. The summed E-state index contributed by atoms with van der Waals surface area (Å²) >= 11 is 0. The van der Waals surface area contributed by atoms with Gasteiger partial charge in [0.25, 0.3) is 0 Å². The van der Waals surface area contributed by atoms with E-state index in [4.69, 9.17) is 9.47 Å². The second-order valence-corrected chi connectivity index (χ2v) is 7.66. The number of hydrogen-bond acceptors (Lipinski definition) is 2. The summed E-state index contributed by atoms with van der Waals surface area (Å²) in [6.07, 6.45) is 8.77. The van der Waals surface area contributed by atoms with Gasteiger partial charge in [-0.2, -0.15) is 12.4 Å². The average Bonchev–Trinajstić information content (AvgIpc) is 3.43. The molecule has 4 rings (SSSR count). The molecule has 7 heteroatoms. The first-order chi connectivity index (χ1) is 13.6. The second-order valence-electron chi connectivity index (χ2n) is 7.66. The molecule has 2 aromatic heterocycles. The first-order valence-electron chi connectivity index (χ1n) is 10.4. The normalized spacial score (nSPS) is 14.8. The van der Waals surface area contributed by atoms with E-state index in [1.165, 1.54) is 46.9 Å². The largest absolute Gasteiger partial charge is 2.00 e. The number of nitrogens with zero attached hydrogens (tertiary/aromatic N) is 2. The maximum absolute atomic E-state index is 4.94. The third-order valence-electron chi connectivity index (χ3n) is 3.95. The Morgan fingerprint density at radius 3 is 1.21 bits per heavy atom. The molecule has 2 aliphatic heterocycles. The third-order valence-corrected chi connectivity index (χ3v) is 3.95. The maximum atomic E-state index is 4.94. The summed E-state index contributed by atoms with van der Waals surface area (Å²) in [5.41, 5.74) is 2.35. The summed E-state index contributed by atoms with van der Waals surface area (Å²) in [4.78, 5) is 11.1. The summed E-state index contributed by atoms with van der Waals surface area (Å²) in [5.74, 6) is 0. The molecule has 160 valence electrons. The van der Waals surface area contributed by atoms with Crippen molar-refractivity contribution in [1.29, 1.82) is 0 Å². The van der Waals surface area contributed by atoms with Crippen LogP contribution >= 0.6 is 0 Å². The SMILES string of the molecule is C1CCOC1.C1CCOC1.C[NH+](C)Cc1ccc[n-]1.C[NH+](C)Cc1ccc[n-]1.[Ca+2]. The fourth-order valence-corrected chi connectivity index (χ4v) is 2.63. The molecular formula is C22H40CaN4O2+2. The van der Waals surface area contributed by atoms with E-state index in [1.807, 2.05) is 36.7 Å². The van der Waals surface area contributed by atoms with Crippen molar-refractivity contribution >= 4 is 37.7 Å². The van der Waals surface area contributed by atoms with E-state index in [-0.39, 0.29) is 37.7 Å². The molecule has 2 saturated heterocycles. The Morgan fingerprint density at radius 2 is 1.03 bits per heavy atom. The first-order valence-corrected chi connectivity index (χ1v) is 10.4. The van der Waals surface area contributed by atoms with Crippen LogP contribution in [0.4, 0.5) is 0 Å². The van der Waals surface area contributed by atoms with Crippen molar-refractivity contribution in [3.63, 3.8) is 0 Å². The zero-order chi connectivity index (χ0) is 20.5. The Labute approximate surface area is 207 Å². The van der Waals surface area contributed by atoms with E-state index in [0.29, 0.717) is 0 Å². The maximum Gasteiger partial charge on any atom is 2.00 e. The van der Waals surface area contributed by atoms with Gasteiger partial charge in [-0.05, 0) is 25.7 Å². The Balaban J connectivity index is 0.000000369. The zero-order valence-electron chi connectivity index (χ0n) is 19.0. The van der Waals surface area contributed by atoms with Crippen molar-refractivity contribution in [3.8, 4) is 0 Å². The Morgan fingerprint density at radius 1 is 0.690 bits per heavy atom. The molecule has 0 aromatic carbocycles. The molecule has 0 atom stereocenters. The minimum atomic E-state index is 0. The van der Waals surface area contributed by atoms with Gasteiger partial charge in [-0.3, -0.25) is 0 Å². The van der Waals surface area contributed by atoms with Gasteiger partial charge in [0.05, 0.1) is 41.3 Å². The predicted octanol–water partition coefficient (Wildman–Crippen LogP) is -0.211. The minimum absolute atomic E-state index is 0. The quantitative estimate of drug-likeness (QED) is 0.657. The molecule has 0 amide bonds. The van der Waals surface area contributed by atoms with Crippen LogP contribution < -0.4 is 19.8 Å². The van der Waals surface area contributed by atoms with Crippen LogP contribution in [-0.4, -0.2) is 92.4 Å². The van der Waals surface area contributed by atoms with Gasteiger partial charge in [-0.1, -0.05) is 24.3 Å². The molecule has 0 saturated carbocycles. The third kappa shape index (κ3) is 18.2. The van der Waals surface area contributed by atoms with Crippen molar-refractivity contribution in [3.05, 3.63) is 48.0 Å². The molecule has 2 aromatic rings. The standard InChI is InChI=1S/2C7H11N2.2C4H8O.Ca/c2*1-9(2)6-7-4-3-5-8-7;2*1-2-4-5-3-1;/h2*3-5H,6H2,1-2H3;2*1-4H2;/q2*-1;;;+2/p+2. The molecule has 0 spiro atoms. The molecule has 2 aliphatic rings. The number of quaternary nitrogens is 2. The molecule has 0 unspecified atom stereocenters. The van der Waals surface area contributed by atoms with Gasteiger partial charge in [-0.25, -0.2) is 0 Å². The van der Waals surface area contributed by atoms with Crippen molar-refractivity contribution in [2.45, 2.75) is 38.8 Å². The van der Waals surface area contributed by atoms with Gasteiger partial charge in [-0.15, -0.1) is 11.4 Å². The molecule has 0 radical (unpaired) electrons. The van der Waals surface area contributed by atoms with E-state index in [2.05, 4.69) is 38.2 Å². The van der Waals surface area contributed by atoms with Crippen LogP contribution in [-0.2, 0) is 22.6 Å². The smallest absolute Gasteiger partial charge is 0.663 e. The summed E-state index contributed by atoms with van der Waals surface area (Å²) in [6, 6.07) is 8.04. The van der Waals surface area contributed by atoms with Crippen molar-refractivity contribution in [2.24, 2.45) is 0 Å². The van der Waals surface area contributed by atoms with Gasteiger partial charge < -0.3 is 29.2 Å². The second kappa shape index (κ2) is 19.6. The molecule has 2 fully saturated rings. The van der Waals surface area contributed by atoms with Gasteiger partial charge >= 0.3 is 37.7 Å².